The highest BCUT2D eigenvalue weighted by atomic mass is 19.4. The van der Waals surface area contributed by atoms with Crippen LogP contribution in [0.5, 0.6) is 5.75 Å². The van der Waals surface area contributed by atoms with E-state index in [4.69, 9.17) is 4.74 Å². The second-order valence-corrected chi connectivity index (χ2v) is 5.46. The van der Waals surface area contributed by atoms with Crippen molar-refractivity contribution in [2.24, 2.45) is 0 Å². The summed E-state index contributed by atoms with van der Waals surface area (Å²) in [6, 6.07) is 8.39. The van der Waals surface area contributed by atoms with Crippen LogP contribution < -0.4 is 4.74 Å². The van der Waals surface area contributed by atoms with Gasteiger partial charge in [0, 0.05) is 25.7 Å². The van der Waals surface area contributed by atoms with Crippen molar-refractivity contribution in [3.8, 4) is 5.75 Å². The molecule has 6 nitrogen and oxygen atoms in total. The van der Waals surface area contributed by atoms with Gasteiger partial charge in [-0.3, -0.25) is 14.9 Å². The number of nitrogens with zero attached hydrogens (tertiary/aromatic N) is 2. The summed E-state index contributed by atoms with van der Waals surface area (Å²) in [7, 11) is 2.60. The van der Waals surface area contributed by atoms with Gasteiger partial charge >= 0.3 is 6.18 Å². The molecule has 0 fully saturated rings. The van der Waals surface area contributed by atoms with E-state index in [2.05, 4.69) is 0 Å². The molecule has 0 saturated carbocycles. The van der Waals surface area contributed by atoms with E-state index in [-0.39, 0.29) is 29.1 Å². The van der Waals surface area contributed by atoms with Gasteiger partial charge in [0.2, 0.25) is 0 Å². The summed E-state index contributed by atoms with van der Waals surface area (Å²) >= 11 is 0. The van der Waals surface area contributed by atoms with Crippen LogP contribution in [0.2, 0.25) is 0 Å². The topological polar surface area (TPSA) is 72.7 Å². The monoisotopic (exact) mass is 368 g/mol. The van der Waals surface area contributed by atoms with Crippen molar-refractivity contribution in [2.75, 3.05) is 14.2 Å². The number of nitro benzene ring substituents is 1. The molecule has 0 bridgehead atoms. The Kier molecular flexibility index (Phi) is 5.49. The van der Waals surface area contributed by atoms with Crippen LogP contribution in [0.1, 0.15) is 21.5 Å². The first-order valence-corrected chi connectivity index (χ1v) is 7.38. The molecule has 0 aliphatic carbocycles. The number of nitro groups is 1. The van der Waals surface area contributed by atoms with Crippen molar-refractivity contribution in [2.45, 2.75) is 12.7 Å². The first-order chi connectivity index (χ1) is 12.1. The standard InChI is InChI=1S/C17H15F3N2O4/c1-21(10-11-5-3-4-6-14(11)17(18,19)20)16(23)13-9-12(22(24)25)7-8-15(13)26-2/h3-9H,10H2,1-2H3. The molecular weight excluding hydrogens is 353 g/mol. The maximum atomic E-state index is 13.1. The molecule has 0 aliphatic rings. The van der Waals surface area contributed by atoms with Crippen molar-refractivity contribution in [3.63, 3.8) is 0 Å². The fourth-order valence-electron chi connectivity index (χ4n) is 2.44. The molecule has 26 heavy (non-hydrogen) atoms. The molecule has 0 aromatic heterocycles. The van der Waals surface area contributed by atoms with Crippen molar-refractivity contribution < 1.29 is 27.6 Å². The van der Waals surface area contributed by atoms with E-state index in [0.29, 0.717) is 0 Å². The maximum Gasteiger partial charge on any atom is 0.416 e. The van der Waals surface area contributed by atoms with Crippen LogP contribution >= 0.6 is 0 Å². The van der Waals surface area contributed by atoms with Crippen LogP contribution in [0.3, 0.4) is 0 Å². The molecule has 0 saturated heterocycles. The maximum absolute atomic E-state index is 13.1. The summed E-state index contributed by atoms with van der Waals surface area (Å²) in [5, 5.41) is 10.9. The number of hydrogen-bond donors (Lipinski definition) is 0. The number of halogens is 3. The number of ether oxygens (including phenoxy) is 1. The number of methoxy groups -OCH3 is 1. The van der Waals surface area contributed by atoms with Gasteiger partial charge in [0.1, 0.15) is 5.75 Å². The molecule has 138 valence electrons. The number of alkyl halides is 3. The Balaban J connectivity index is 2.35. The third-order valence-corrected chi connectivity index (χ3v) is 3.70. The quantitative estimate of drug-likeness (QED) is 0.593. The van der Waals surface area contributed by atoms with Crippen LogP contribution in [0.25, 0.3) is 0 Å². The number of rotatable bonds is 5. The van der Waals surface area contributed by atoms with E-state index in [9.17, 15) is 28.1 Å². The first-order valence-electron chi connectivity index (χ1n) is 7.38. The fourth-order valence-corrected chi connectivity index (χ4v) is 2.44. The molecule has 2 rings (SSSR count). The van der Waals surface area contributed by atoms with E-state index >= 15 is 0 Å². The lowest BCUT2D eigenvalue weighted by molar-refractivity contribution is -0.384. The molecule has 1 amide bonds. The minimum absolute atomic E-state index is 0.0831. The number of carbonyl (C=O) groups excluding carboxylic acids is 1. The Morgan fingerprint density at radius 3 is 2.46 bits per heavy atom. The Hall–Kier alpha value is -3.10. The van der Waals surface area contributed by atoms with E-state index in [1.54, 1.807) is 0 Å². The summed E-state index contributed by atoms with van der Waals surface area (Å²) < 4.78 is 44.3. The minimum Gasteiger partial charge on any atom is -0.496 e. The molecule has 0 N–H and O–H groups in total. The highest BCUT2D eigenvalue weighted by molar-refractivity contribution is 5.97. The van der Waals surface area contributed by atoms with Gasteiger partial charge in [-0.1, -0.05) is 18.2 Å². The lowest BCUT2D eigenvalue weighted by atomic mass is 10.1. The van der Waals surface area contributed by atoms with Gasteiger partial charge in [0.15, 0.2) is 0 Å². The molecule has 0 atom stereocenters. The third-order valence-electron chi connectivity index (χ3n) is 3.70. The lowest BCUT2D eigenvalue weighted by Gasteiger charge is -2.21. The van der Waals surface area contributed by atoms with E-state index in [1.165, 1.54) is 44.5 Å². The van der Waals surface area contributed by atoms with Crippen LogP contribution in [0, 0.1) is 10.1 Å². The molecule has 0 unspecified atom stereocenters. The second-order valence-electron chi connectivity index (χ2n) is 5.46. The average Bonchev–Trinajstić information content (AvgIpc) is 2.59. The number of hydrogen-bond acceptors (Lipinski definition) is 4. The van der Waals surface area contributed by atoms with E-state index in [1.807, 2.05) is 0 Å². The minimum atomic E-state index is -4.55. The number of amides is 1. The van der Waals surface area contributed by atoms with Crippen molar-refractivity contribution in [3.05, 3.63) is 69.3 Å². The van der Waals surface area contributed by atoms with Crippen molar-refractivity contribution >= 4 is 11.6 Å². The second kappa shape index (κ2) is 7.42. The summed E-state index contributed by atoms with van der Waals surface area (Å²) in [5.41, 5.74) is -1.35. The van der Waals surface area contributed by atoms with Crippen LogP contribution in [0.4, 0.5) is 18.9 Å². The largest absolute Gasteiger partial charge is 0.496 e. The van der Waals surface area contributed by atoms with E-state index in [0.717, 1.165) is 17.0 Å². The molecular formula is C17H15F3N2O4. The normalized spacial score (nSPS) is 11.1. The summed E-state index contributed by atoms with van der Waals surface area (Å²) in [4.78, 5) is 23.9. The third kappa shape index (κ3) is 4.11. The predicted octanol–water partition coefficient (Wildman–Crippen LogP) is 3.89. The zero-order valence-corrected chi connectivity index (χ0v) is 13.9. The van der Waals surface area contributed by atoms with Crippen molar-refractivity contribution in [1.82, 2.24) is 4.90 Å². The summed E-state index contributed by atoms with van der Waals surface area (Å²) in [6.07, 6.45) is -4.55. The Morgan fingerprint density at radius 2 is 1.88 bits per heavy atom. The van der Waals surface area contributed by atoms with Crippen LogP contribution in [-0.2, 0) is 12.7 Å². The smallest absolute Gasteiger partial charge is 0.416 e. The Bertz CT molecular complexity index is 837. The number of carbonyl (C=O) groups is 1. The molecule has 0 radical (unpaired) electrons. The highest BCUT2D eigenvalue weighted by Gasteiger charge is 2.33. The fraction of sp³-hybridized carbons (Fsp3) is 0.235. The Morgan fingerprint density at radius 1 is 1.23 bits per heavy atom. The van der Waals surface area contributed by atoms with Crippen LogP contribution in [0.15, 0.2) is 42.5 Å². The molecule has 0 spiro atoms. The van der Waals surface area contributed by atoms with Gasteiger partial charge in [0.25, 0.3) is 11.6 Å². The zero-order chi connectivity index (χ0) is 19.5. The first kappa shape index (κ1) is 19.2. The molecule has 2 aromatic rings. The van der Waals surface area contributed by atoms with Crippen molar-refractivity contribution in [1.29, 1.82) is 0 Å². The number of benzene rings is 2. The zero-order valence-electron chi connectivity index (χ0n) is 13.9. The molecule has 2 aromatic carbocycles. The van der Waals surface area contributed by atoms with E-state index < -0.39 is 22.6 Å². The molecule has 0 heterocycles. The predicted molar refractivity (Wildman–Crippen MR) is 86.9 cm³/mol. The summed E-state index contributed by atoms with van der Waals surface area (Å²) in [5.74, 6) is -0.598. The van der Waals surface area contributed by atoms with Crippen LogP contribution in [-0.4, -0.2) is 29.9 Å². The molecule has 9 heteroatoms. The van der Waals surface area contributed by atoms with Gasteiger partial charge in [-0.2, -0.15) is 13.2 Å². The SMILES string of the molecule is COc1ccc([N+](=O)[O-])cc1C(=O)N(C)Cc1ccccc1C(F)(F)F. The highest BCUT2D eigenvalue weighted by Crippen LogP contribution is 2.33. The lowest BCUT2D eigenvalue weighted by Crippen LogP contribution is -2.28. The van der Waals surface area contributed by atoms with Gasteiger partial charge < -0.3 is 9.64 Å². The van der Waals surface area contributed by atoms with Gasteiger partial charge in [-0.15, -0.1) is 0 Å². The van der Waals surface area contributed by atoms with Gasteiger partial charge in [0.05, 0.1) is 23.2 Å². The molecule has 0 aliphatic heterocycles. The number of non-ortho nitro benzene ring substituents is 1. The summed E-state index contributed by atoms with van der Waals surface area (Å²) in [6.45, 7) is -0.319. The Labute approximate surface area is 146 Å². The average molecular weight is 368 g/mol. The van der Waals surface area contributed by atoms with Gasteiger partial charge in [-0.05, 0) is 17.7 Å². The van der Waals surface area contributed by atoms with Gasteiger partial charge in [-0.25, -0.2) is 0 Å².